The molecule has 0 radical (unpaired) electrons. The molecule has 9 heteroatoms. The largest absolute Gasteiger partial charge is 0.416 e. The van der Waals surface area contributed by atoms with E-state index in [1.165, 1.54) is 6.07 Å². The lowest BCUT2D eigenvalue weighted by atomic mass is 10.0. The summed E-state index contributed by atoms with van der Waals surface area (Å²) in [7, 11) is 0. The van der Waals surface area contributed by atoms with Gasteiger partial charge >= 0.3 is 6.18 Å². The highest BCUT2D eigenvalue weighted by Crippen LogP contribution is 2.34. The first-order valence-electron chi connectivity index (χ1n) is 9.75. The van der Waals surface area contributed by atoms with Crippen molar-refractivity contribution >= 4 is 29.0 Å². The molecule has 1 aromatic carbocycles. The summed E-state index contributed by atoms with van der Waals surface area (Å²) in [5.74, 6) is 0.700. The van der Waals surface area contributed by atoms with Gasteiger partial charge in [0.05, 0.1) is 16.3 Å². The van der Waals surface area contributed by atoms with E-state index in [9.17, 15) is 18.0 Å². The quantitative estimate of drug-likeness (QED) is 0.741. The van der Waals surface area contributed by atoms with Crippen LogP contribution >= 0.6 is 11.6 Å². The zero-order chi connectivity index (χ0) is 21.9. The molecule has 1 amide bonds. The van der Waals surface area contributed by atoms with E-state index in [4.69, 9.17) is 11.6 Å². The molecule has 1 aliphatic heterocycles. The molecular weight excluding hydrogens is 417 g/mol. The van der Waals surface area contributed by atoms with E-state index in [1.807, 2.05) is 32.0 Å². The lowest BCUT2D eigenvalue weighted by Crippen LogP contribution is -2.54. The Morgan fingerprint density at radius 2 is 1.83 bits per heavy atom. The van der Waals surface area contributed by atoms with Crippen LogP contribution in [0.2, 0.25) is 5.02 Å². The van der Waals surface area contributed by atoms with Crippen LogP contribution in [0, 0.1) is 5.92 Å². The van der Waals surface area contributed by atoms with Gasteiger partial charge in [-0.15, -0.1) is 0 Å². The Balaban J connectivity index is 1.67. The SMILES string of the molecule is CC(C)C(Nc1ccc(C(F)(F)F)cc1Cl)C(=O)N1CCN(c2ccccn2)CC1. The van der Waals surface area contributed by atoms with Crippen molar-refractivity contribution in [3.8, 4) is 0 Å². The van der Waals surface area contributed by atoms with Crippen LogP contribution in [0.4, 0.5) is 24.7 Å². The van der Waals surface area contributed by atoms with Crippen molar-refractivity contribution in [2.24, 2.45) is 5.92 Å². The number of pyridine rings is 1. The molecule has 1 atom stereocenters. The lowest BCUT2D eigenvalue weighted by Gasteiger charge is -2.38. The van der Waals surface area contributed by atoms with E-state index < -0.39 is 17.8 Å². The summed E-state index contributed by atoms with van der Waals surface area (Å²) in [5.41, 5.74) is -0.514. The Morgan fingerprint density at radius 1 is 1.13 bits per heavy atom. The van der Waals surface area contributed by atoms with E-state index in [-0.39, 0.29) is 16.8 Å². The number of hydrogen-bond acceptors (Lipinski definition) is 4. The van der Waals surface area contributed by atoms with Gasteiger partial charge in [-0.3, -0.25) is 4.79 Å². The van der Waals surface area contributed by atoms with Crippen molar-refractivity contribution in [1.82, 2.24) is 9.88 Å². The molecule has 1 aromatic heterocycles. The number of amides is 1. The van der Waals surface area contributed by atoms with Crippen LogP contribution in [-0.2, 0) is 11.0 Å². The molecule has 1 unspecified atom stereocenters. The minimum Gasteiger partial charge on any atom is -0.372 e. The van der Waals surface area contributed by atoms with Crippen molar-refractivity contribution in [2.45, 2.75) is 26.1 Å². The lowest BCUT2D eigenvalue weighted by molar-refractivity contribution is -0.137. The van der Waals surface area contributed by atoms with Gasteiger partial charge in [0.2, 0.25) is 5.91 Å². The number of carbonyl (C=O) groups is 1. The summed E-state index contributed by atoms with van der Waals surface area (Å²) in [4.78, 5) is 21.4. The number of aromatic nitrogens is 1. The molecule has 0 spiro atoms. The van der Waals surface area contributed by atoms with Crippen LogP contribution < -0.4 is 10.2 Å². The highest BCUT2D eigenvalue weighted by atomic mass is 35.5. The maximum absolute atomic E-state index is 13.1. The standard InChI is InChI=1S/C21H24ClF3N4O/c1-14(2)19(27-17-7-6-15(13-16(17)22)21(23,24)25)20(30)29-11-9-28(10-12-29)18-5-3-4-8-26-18/h3-8,13-14,19,27H,9-12H2,1-2H3. The van der Waals surface area contributed by atoms with Crippen LogP contribution in [0.3, 0.4) is 0 Å². The second kappa shape index (κ2) is 9.12. The average Bonchev–Trinajstić information content (AvgIpc) is 2.72. The van der Waals surface area contributed by atoms with Gasteiger partial charge < -0.3 is 15.1 Å². The zero-order valence-corrected chi connectivity index (χ0v) is 17.5. The molecule has 1 aliphatic rings. The van der Waals surface area contributed by atoms with E-state index >= 15 is 0 Å². The summed E-state index contributed by atoms with van der Waals surface area (Å²) in [6.45, 7) is 6.18. The minimum absolute atomic E-state index is 0.0664. The molecule has 0 bridgehead atoms. The van der Waals surface area contributed by atoms with Crippen LogP contribution in [0.25, 0.3) is 0 Å². The van der Waals surface area contributed by atoms with E-state index in [0.717, 1.165) is 18.0 Å². The van der Waals surface area contributed by atoms with E-state index in [1.54, 1.807) is 11.1 Å². The first-order chi connectivity index (χ1) is 14.2. The third-order valence-corrected chi connectivity index (χ3v) is 5.42. The summed E-state index contributed by atoms with van der Waals surface area (Å²) >= 11 is 6.06. The number of piperazine rings is 1. The Labute approximate surface area is 178 Å². The Kier molecular flexibility index (Phi) is 6.75. The number of hydrogen-bond donors (Lipinski definition) is 1. The first kappa shape index (κ1) is 22.2. The molecule has 2 aromatic rings. The molecule has 2 heterocycles. The number of halogens is 4. The molecule has 1 saturated heterocycles. The predicted octanol–water partition coefficient (Wildman–Crippen LogP) is 4.54. The highest BCUT2D eigenvalue weighted by Gasteiger charge is 2.33. The molecule has 5 nitrogen and oxygen atoms in total. The average molecular weight is 441 g/mol. The first-order valence-corrected chi connectivity index (χ1v) is 10.1. The zero-order valence-electron chi connectivity index (χ0n) is 16.8. The fraction of sp³-hybridized carbons (Fsp3) is 0.429. The van der Waals surface area contributed by atoms with Crippen molar-refractivity contribution in [3.63, 3.8) is 0 Å². The van der Waals surface area contributed by atoms with Crippen molar-refractivity contribution in [3.05, 3.63) is 53.2 Å². The fourth-order valence-electron chi connectivity index (χ4n) is 3.38. The number of nitrogens with zero attached hydrogens (tertiary/aromatic N) is 3. The van der Waals surface area contributed by atoms with Gasteiger partial charge in [-0.1, -0.05) is 31.5 Å². The maximum atomic E-state index is 13.1. The van der Waals surface area contributed by atoms with Gasteiger partial charge in [0, 0.05) is 32.4 Å². The van der Waals surface area contributed by atoms with Crippen LogP contribution in [0.15, 0.2) is 42.6 Å². The van der Waals surface area contributed by atoms with Crippen LogP contribution in [0.1, 0.15) is 19.4 Å². The number of benzene rings is 1. The molecule has 30 heavy (non-hydrogen) atoms. The number of rotatable bonds is 5. The van der Waals surface area contributed by atoms with Gasteiger partial charge in [-0.25, -0.2) is 4.98 Å². The smallest absolute Gasteiger partial charge is 0.372 e. The molecule has 0 saturated carbocycles. The number of alkyl halides is 3. The third-order valence-electron chi connectivity index (χ3n) is 5.10. The van der Waals surface area contributed by atoms with E-state index in [0.29, 0.717) is 31.9 Å². The topological polar surface area (TPSA) is 48.5 Å². The normalized spacial score (nSPS) is 16.0. The molecule has 1 N–H and O–H groups in total. The monoisotopic (exact) mass is 440 g/mol. The number of anilines is 2. The highest BCUT2D eigenvalue weighted by molar-refractivity contribution is 6.33. The van der Waals surface area contributed by atoms with Gasteiger partial charge in [0.15, 0.2) is 0 Å². The van der Waals surface area contributed by atoms with Crippen LogP contribution in [0.5, 0.6) is 0 Å². The van der Waals surface area contributed by atoms with E-state index in [2.05, 4.69) is 15.2 Å². The predicted molar refractivity (Wildman–Crippen MR) is 112 cm³/mol. The summed E-state index contributed by atoms with van der Waals surface area (Å²) in [6, 6.07) is 8.22. The second-order valence-electron chi connectivity index (χ2n) is 7.56. The molecule has 0 aliphatic carbocycles. The number of carbonyl (C=O) groups excluding carboxylic acids is 1. The fourth-order valence-corrected chi connectivity index (χ4v) is 3.62. The second-order valence-corrected chi connectivity index (χ2v) is 7.97. The molecule has 3 rings (SSSR count). The van der Waals surface area contributed by atoms with Crippen molar-refractivity contribution < 1.29 is 18.0 Å². The Bertz CT molecular complexity index is 868. The minimum atomic E-state index is -4.47. The van der Waals surface area contributed by atoms with Crippen LogP contribution in [-0.4, -0.2) is 48.0 Å². The van der Waals surface area contributed by atoms with Gasteiger partial charge in [-0.05, 0) is 36.2 Å². The molecular formula is C21H24ClF3N4O. The molecule has 162 valence electrons. The van der Waals surface area contributed by atoms with Gasteiger partial charge in [0.25, 0.3) is 0 Å². The van der Waals surface area contributed by atoms with Gasteiger partial charge in [0.1, 0.15) is 11.9 Å². The summed E-state index contributed by atoms with van der Waals surface area (Å²) in [5, 5.41) is 2.98. The summed E-state index contributed by atoms with van der Waals surface area (Å²) in [6.07, 6.45) is -2.73. The summed E-state index contributed by atoms with van der Waals surface area (Å²) < 4.78 is 38.6. The Morgan fingerprint density at radius 3 is 2.37 bits per heavy atom. The third kappa shape index (κ3) is 5.16. The van der Waals surface area contributed by atoms with Crippen molar-refractivity contribution in [2.75, 3.05) is 36.4 Å². The Hall–Kier alpha value is -2.48. The number of nitrogens with one attached hydrogen (secondary N) is 1. The van der Waals surface area contributed by atoms with Gasteiger partial charge in [-0.2, -0.15) is 13.2 Å². The molecule has 1 fully saturated rings. The van der Waals surface area contributed by atoms with Crippen molar-refractivity contribution in [1.29, 1.82) is 0 Å². The maximum Gasteiger partial charge on any atom is 0.416 e.